The summed E-state index contributed by atoms with van der Waals surface area (Å²) in [5.74, 6) is 1.60. The highest BCUT2D eigenvalue weighted by atomic mass is 32.1. The van der Waals surface area contributed by atoms with Crippen molar-refractivity contribution in [3.8, 4) is 17.1 Å². The normalized spacial score (nSPS) is 10.1. The standard InChI is InChI=1S/C10H10N2OS/c1-13-7-2-3-9(14)8(6-7)10-11-4-5-12-10/h2-6,14H,1H3,(H,11,12). The van der Waals surface area contributed by atoms with Gasteiger partial charge < -0.3 is 9.72 Å². The second-order valence-electron chi connectivity index (χ2n) is 2.82. The summed E-state index contributed by atoms with van der Waals surface area (Å²) in [6.45, 7) is 0. The molecule has 0 aliphatic rings. The minimum atomic E-state index is 0.800. The molecule has 0 saturated heterocycles. The maximum atomic E-state index is 5.13. The molecule has 0 amide bonds. The lowest BCUT2D eigenvalue weighted by molar-refractivity contribution is 0.414. The first-order valence-electron chi connectivity index (χ1n) is 4.18. The topological polar surface area (TPSA) is 37.9 Å². The van der Waals surface area contributed by atoms with Crippen LogP contribution in [0.2, 0.25) is 0 Å². The van der Waals surface area contributed by atoms with Crippen LogP contribution in [0.5, 0.6) is 5.75 Å². The van der Waals surface area contributed by atoms with Crippen molar-refractivity contribution in [3.05, 3.63) is 30.6 Å². The monoisotopic (exact) mass is 206 g/mol. The van der Waals surface area contributed by atoms with E-state index in [1.54, 1.807) is 19.5 Å². The fourth-order valence-electron chi connectivity index (χ4n) is 1.24. The van der Waals surface area contributed by atoms with Gasteiger partial charge in [-0.05, 0) is 18.2 Å². The number of hydrogen-bond donors (Lipinski definition) is 2. The van der Waals surface area contributed by atoms with Crippen LogP contribution in [-0.2, 0) is 0 Å². The van der Waals surface area contributed by atoms with Crippen molar-refractivity contribution >= 4 is 12.6 Å². The van der Waals surface area contributed by atoms with Gasteiger partial charge >= 0.3 is 0 Å². The molecule has 2 rings (SSSR count). The van der Waals surface area contributed by atoms with Crippen molar-refractivity contribution in [1.82, 2.24) is 9.97 Å². The summed E-state index contributed by atoms with van der Waals surface area (Å²) in [5.41, 5.74) is 0.942. The Morgan fingerprint density at radius 2 is 2.29 bits per heavy atom. The predicted octanol–water partition coefficient (Wildman–Crippen LogP) is 2.37. The van der Waals surface area contributed by atoms with E-state index < -0.39 is 0 Å². The van der Waals surface area contributed by atoms with E-state index in [1.165, 1.54) is 0 Å². The van der Waals surface area contributed by atoms with E-state index in [2.05, 4.69) is 22.6 Å². The van der Waals surface area contributed by atoms with Crippen LogP contribution in [0.15, 0.2) is 35.5 Å². The summed E-state index contributed by atoms with van der Waals surface area (Å²) in [5, 5.41) is 0. The average Bonchev–Trinajstić information content (AvgIpc) is 2.71. The number of ether oxygens (including phenoxy) is 1. The summed E-state index contributed by atoms with van der Waals surface area (Å²) < 4.78 is 5.13. The van der Waals surface area contributed by atoms with Gasteiger partial charge in [0.25, 0.3) is 0 Å². The van der Waals surface area contributed by atoms with Gasteiger partial charge in [-0.15, -0.1) is 12.6 Å². The van der Waals surface area contributed by atoms with E-state index in [0.29, 0.717) is 0 Å². The molecule has 1 aromatic heterocycles. The van der Waals surface area contributed by atoms with Crippen LogP contribution in [0.3, 0.4) is 0 Å². The number of hydrogen-bond acceptors (Lipinski definition) is 3. The lowest BCUT2D eigenvalue weighted by Gasteiger charge is -2.04. The van der Waals surface area contributed by atoms with Gasteiger partial charge in [-0.25, -0.2) is 4.98 Å². The second kappa shape index (κ2) is 3.75. The fraction of sp³-hybridized carbons (Fsp3) is 0.100. The van der Waals surface area contributed by atoms with Gasteiger partial charge in [0.05, 0.1) is 7.11 Å². The molecule has 0 saturated carbocycles. The summed E-state index contributed by atoms with van der Waals surface area (Å²) in [7, 11) is 1.64. The molecule has 0 atom stereocenters. The smallest absolute Gasteiger partial charge is 0.138 e. The van der Waals surface area contributed by atoms with Gasteiger partial charge in [0.15, 0.2) is 0 Å². The van der Waals surface area contributed by atoms with E-state index in [0.717, 1.165) is 22.0 Å². The Hall–Kier alpha value is -1.42. The number of nitrogens with one attached hydrogen (secondary N) is 1. The zero-order valence-electron chi connectivity index (χ0n) is 7.69. The van der Waals surface area contributed by atoms with Crippen LogP contribution < -0.4 is 4.74 Å². The molecule has 14 heavy (non-hydrogen) atoms. The number of aromatic amines is 1. The van der Waals surface area contributed by atoms with Crippen LogP contribution in [0, 0.1) is 0 Å². The first-order chi connectivity index (χ1) is 6.81. The highest BCUT2D eigenvalue weighted by Gasteiger charge is 2.05. The van der Waals surface area contributed by atoms with Crippen LogP contribution in [0.25, 0.3) is 11.4 Å². The van der Waals surface area contributed by atoms with Crippen molar-refractivity contribution in [1.29, 1.82) is 0 Å². The highest BCUT2D eigenvalue weighted by Crippen LogP contribution is 2.27. The Morgan fingerprint density at radius 1 is 1.43 bits per heavy atom. The van der Waals surface area contributed by atoms with Crippen LogP contribution in [0.4, 0.5) is 0 Å². The molecule has 2 aromatic rings. The van der Waals surface area contributed by atoms with Gasteiger partial charge in [0, 0.05) is 22.9 Å². The third kappa shape index (κ3) is 1.61. The van der Waals surface area contributed by atoms with E-state index in [1.807, 2.05) is 18.2 Å². The molecule has 0 aliphatic carbocycles. The zero-order valence-corrected chi connectivity index (χ0v) is 8.58. The minimum absolute atomic E-state index is 0.800. The highest BCUT2D eigenvalue weighted by molar-refractivity contribution is 7.80. The molecule has 0 spiro atoms. The largest absolute Gasteiger partial charge is 0.497 e. The fourth-order valence-corrected chi connectivity index (χ4v) is 1.49. The molecule has 0 bridgehead atoms. The van der Waals surface area contributed by atoms with E-state index in [9.17, 15) is 0 Å². The van der Waals surface area contributed by atoms with Gasteiger partial charge in [-0.1, -0.05) is 0 Å². The number of aromatic nitrogens is 2. The summed E-state index contributed by atoms with van der Waals surface area (Å²) in [6, 6.07) is 5.66. The number of H-pyrrole nitrogens is 1. The molecule has 1 N–H and O–H groups in total. The Labute approximate surface area is 87.6 Å². The molecular formula is C10H10N2OS. The Kier molecular flexibility index (Phi) is 2.45. The third-order valence-corrected chi connectivity index (χ3v) is 2.35. The van der Waals surface area contributed by atoms with Gasteiger partial charge in [0.1, 0.15) is 11.6 Å². The van der Waals surface area contributed by atoms with Gasteiger partial charge in [-0.2, -0.15) is 0 Å². The molecule has 72 valence electrons. The second-order valence-corrected chi connectivity index (χ2v) is 3.30. The number of thiol groups is 1. The Morgan fingerprint density at radius 3 is 2.93 bits per heavy atom. The maximum absolute atomic E-state index is 5.13. The van der Waals surface area contributed by atoms with E-state index in [-0.39, 0.29) is 0 Å². The van der Waals surface area contributed by atoms with Crippen LogP contribution >= 0.6 is 12.6 Å². The zero-order chi connectivity index (χ0) is 9.97. The van der Waals surface area contributed by atoms with Crippen molar-refractivity contribution in [2.75, 3.05) is 7.11 Å². The lowest BCUT2D eigenvalue weighted by atomic mass is 10.2. The number of nitrogens with zero attached hydrogens (tertiary/aromatic N) is 1. The number of benzene rings is 1. The Balaban J connectivity index is 2.51. The lowest BCUT2D eigenvalue weighted by Crippen LogP contribution is -1.86. The molecule has 0 unspecified atom stereocenters. The first-order valence-corrected chi connectivity index (χ1v) is 4.63. The third-order valence-electron chi connectivity index (χ3n) is 1.96. The van der Waals surface area contributed by atoms with Crippen molar-refractivity contribution < 1.29 is 4.74 Å². The maximum Gasteiger partial charge on any atom is 0.138 e. The van der Waals surface area contributed by atoms with Crippen LogP contribution in [0.1, 0.15) is 0 Å². The summed E-state index contributed by atoms with van der Waals surface area (Å²) in [6.07, 6.45) is 3.49. The molecular weight excluding hydrogens is 196 g/mol. The average molecular weight is 206 g/mol. The van der Waals surface area contributed by atoms with Crippen molar-refractivity contribution in [3.63, 3.8) is 0 Å². The van der Waals surface area contributed by atoms with Crippen molar-refractivity contribution in [2.45, 2.75) is 4.90 Å². The molecule has 1 aromatic carbocycles. The number of rotatable bonds is 2. The first kappa shape index (κ1) is 9.15. The molecule has 4 heteroatoms. The predicted molar refractivity (Wildman–Crippen MR) is 57.8 cm³/mol. The molecule has 0 fully saturated rings. The Bertz CT molecular complexity index is 426. The van der Waals surface area contributed by atoms with Crippen LogP contribution in [-0.4, -0.2) is 17.1 Å². The molecule has 0 radical (unpaired) electrons. The SMILES string of the molecule is COc1ccc(S)c(-c2ncc[nH]2)c1. The summed E-state index contributed by atoms with van der Waals surface area (Å²) >= 11 is 4.35. The van der Waals surface area contributed by atoms with E-state index in [4.69, 9.17) is 4.74 Å². The number of imidazole rings is 1. The minimum Gasteiger partial charge on any atom is -0.497 e. The molecule has 0 aliphatic heterocycles. The van der Waals surface area contributed by atoms with E-state index >= 15 is 0 Å². The molecule has 3 nitrogen and oxygen atoms in total. The van der Waals surface area contributed by atoms with Crippen molar-refractivity contribution in [2.24, 2.45) is 0 Å². The molecule has 1 heterocycles. The van der Waals surface area contributed by atoms with Gasteiger partial charge in [-0.3, -0.25) is 0 Å². The number of methoxy groups -OCH3 is 1. The quantitative estimate of drug-likeness (QED) is 0.740. The summed E-state index contributed by atoms with van der Waals surface area (Å²) in [4.78, 5) is 8.07. The van der Waals surface area contributed by atoms with Gasteiger partial charge in [0.2, 0.25) is 0 Å².